The van der Waals surface area contributed by atoms with Crippen LogP contribution < -0.4 is 10.9 Å². The first-order chi connectivity index (χ1) is 12.5. The van der Waals surface area contributed by atoms with Crippen molar-refractivity contribution in [3.8, 4) is 0 Å². The maximum atomic E-state index is 12.8. The molecule has 26 heavy (non-hydrogen) atoms. The number of aromatic amines is 1. The molecular formula is C20H29N3O3. The number of hydrogen-bond donors (Lipinski definition) is 2. The number of aromatic nitrogens is 2. The molecule has 0 saturated heterocycles. The van der Waals surface area contributed by atoms with E-state index in [0.29, 0.717) is 17.1 Å². The second-order valence-electron chi connectivity index (χ2n) is 7.35. The molecular weight excluding hydrogens is 330 g/mol. The molecule has 1 saturated carbocycles. The molecule has 0 radical (unpaired) electrons. The predicted octanol–water partition coefficient (Wildman–Crippen LogP) is 3.03. The molecule has 6 nitrogen and oxygen atoms in total. The van der Waals surface area contributed by atoms with Crippen LogP contribution in [0.2, 0.25) is 0 Å². The molecule has 1 amide bonds. The highest BCUT2D eigenvalue weighted by Crippen LogP contribution is 2.23. The summed E-state index contributed by atoms with van der Waals surface area (Å²) in [5.41, 5.74) is 2.00. The fourth-order valence-corrected chi connectivity index (χ4v) is 3.85. The molecule has 0 aliphatic heterocycles. The van der Waals surface area contributed by atoms with E-state index < -0.39 is 0 Å². The number of pyridine rings is 1. The third kappa shape index (κ3) is 3.85. The first-order valence-electron chi connectivity index (χ1n) is 9.61. The summed E-state index contributed by atoms with van der Waals surface area (Å²) in [5.74, 6) is -0.165. The first kappa shape index (κ1) is 18.7. The molecule has 1 aliphatic rings. The van der Waals surface area contributed by atoms with Crippen molar-refractivity contribution in [2.45, 2.75) is 64.5 Å². The lowest BCUT2D eigenvalue weighted by Crippen LogP contribution is -2.39. The van der Waals surface area contributed by atoms with E-state index in [0.717, 1.165) is 56.2 Å². The molecule has 1 fully saturated rings. The number of rotatable bonds is 6. The van der Waals surface area contributed by atoms with Crippen LogP contribution in [0.5, 0.6) is 0 Å². The molecule has 0 unspecified atom stereocenters. The number of carbonyl (C=O) groups is 1. The Morgan fingerprint density at radius 3 is 2.77 bits per heavy atom. The number of aryl methyl sites for hydroxylation is 2. The molecule has 6 heteroatoms. The van der Waals surface area contributed by atoms with Crippen molar-refractivity contribution in [2.24, 2.45) is 7.05 Å². The number of nitrogens with zero attached hydrogens (tertiary/aromatic N) is 1. The van der Waals surface area contributed by atoms with Gasteiger partial charge in [-0.3, -0.25) is 9.59 Å². The largest absolute Gasteiger partial charge is 0.378 e. The average molecular weight is 359 g/mol. The third-order valence-corrected chi connectivity index (χ3v) is 5.31. The van der Waals surface area contributed by atoms with Gasteiger partial charge in [0.1, 0.15) is 0 Å². The monoisotopic (exact) mass is 359 g/mol. The molecule has 0 atom stereocenters. The number of carbonyl (C=O) groups excluding carboxylic acids is 1. The van der Waals surface area contributed by atoms with E-state index in [9.17, 15) is 9.59 Å². The predicted molar refractivity (Wildman–Crippen MR) is 103 cm³/mol. The van der Waals surface area contributed by atoms with Crippen LogP contribution in [0.1, 0.15) is 61.4 Å². The van der Waals surface area contributed by atoms with Crippen molar-refractivity contribution in [2.75, 3.05) is 6.61 Å². The van der Waals surface area contributed by atoms with Gasteiger partial charge in [0, 0.05) is 32.1 Å². The molecule has 2 N–H and O–H groups in total. The van der Waals surface area contributed by atoms with Crippen molar-refractivity contribution in [1.82, 2.24) is 14.9 Å². The smallest absolute Gasteiger partial charge is 0.258 e. The fraction of sp³-hybridized carbons (Fsp3) is 0.600. The van der Waals surface area contributed by atoms with Crippen LogP contribution in [0.15, 0.2) is 17.2 Å². The van der Waals surface area contributed by atoms with Crippen LogP contribution in [0.25, 0.3) is 10.9 Å². The number of amides is 1. The highest BCUT2D eigenvalue weighted by atomic mass is 16.5. The molecule has 2 aromatic rings. The molecule has 3 rings (SSSR count). The third-order valence-electron chi connectivity index (χ3n) is 5.31. The summed E-state index contributed by atoms with van der Waals surface area (Å²) < 4.78 is 7.74. The van der Waals surface area contributed by atoms with Gasteiger partial charge >= 0.3 is 0 Å². The van der Waals surface area contributed by atoms with Crippen LogP contribution in [-0.4, -0.2) is 34.2 Å². The van der Waals surface area contributed by atoms with Crippen LogP contribution in [-0.2, 0) is 11.8 Å². The van der Waals surface area contributed by atoms with Gasteiger partial charge in [-0.1, -0.05) is 13.3 Å². The van der Waals surface area contributed by atoms with Crippen molar-refractivity contribution in [1.29, 1.82) is 0 Å². The SMILES string of the molecule is CCCCOC1CCC(NC(=O)c2cn(C)c3c(C)c[nH]c(=O)c23)CC1. The van der Waals surface area contributed by atoms with E-state index >= 15 is 0 Å². The highest BCUT2D eigenvalue weighted by Gasteiger charge is 2.25. The van der Waals surface area contributed by atoms with Crippen molar-refractivity contribution >= 4 is 16.8 Å². The standard InChI is InChI=1S/C20H29N3O3/c1-4-5-10-26-15-8-6-14(7-9-15)22-19(24)16-12-23(3)18-13(2)11-21-20(25)17(16)18/h11-12,14-15H,4-10H2,1-3H3,(H,21,25)(H,22,24). The number of unbranched alkanes of at least 4 members (excludes halogenated alkanes) is 1. The first-order valence-corrected chi connectivity index (χ1v) is 9.61. The summed E-state index contributed by atoms with van der Waals surface area (Å²) in [6, 6.07) is 0.146. The average Bonchev–Trinajstić information content (AvgIpc) is 2.99. The van der Waals surface area contributed by atoms with E-state index in [1.165, 1.54) is 0 Å². The van der Waals surface area contributed by atoms with E-state index in [1.54, 1.807) is 12.4 Å². The quantitative estimate of drug-likeness (QED) is 0.779. The summed E-state index contributed by atoms with van der Waals surface area (Å²) in [4.78, 5) is 27.8. The van der Waals surface area contributed by atoms with E-state index in [1.807, 2.05) is 18.5 Å². The van der Waals surface area contributed by atoms with Gasteiger partial charge in [-0.25, -0.2) is 0 Å². The maximum absolute atomic E-state index is 12.8. The Balaban J connectivity index is 1.66. The summed E-state index contributed by atoms with van der Waals surface area (Å²) in [5, 5.41) is 3.59. The van der Waals surface area contributed by atoms with Crippen LogP contribution in [0, 0.1) is 6.92 Å². The minimum Gasteiger partial charge on any atom is -0.378 e. The topological polar surface area (TPSA) is 76.1 Å². The lowest BCUT2D eigenvalue weighted by atomic mass is 9.92. The summed E-state index contributed by atoms with van der Waals surface area (Å²) in [6.07, 6.45) is 9.80. The Morgan fingerprint density at radius 1 is 1.35 bits per heavy atom. The molecule has 1 aliphatic carbocycles. The highest BCUT2D eigenvalue weighted by molar-refractivity contribution is 6.07. The molecule has 142 valence electrons. The fourth-order valence-electron chi connectivity index (χ4n) is 3.85. The zero-order chi connectivity index (χ0) is 18.7. The van der Waals surface area contributed by atoms with Gasteiger partial charge in [-0.2, -0.15) is 0 Å². The second kappa shape index (κ2) is 8.08. The van der Waals surface area contributed by atoms with Gasteiger partial charge < -0.3 is 19.6 Å². The minimum absolute atomic E-state index is 0.146. The van der Waals surface area contributed by atoms with E-state index in [4.69, 9.17) is 4.74 Å². The Kier molecular flexibility index (Phi) is 5.81. The van der Waals surface area contributed by atoms with Gasteiger partial charge in [0.25, 0.3) is 11.5 Å². The van der Waals surface area contributed by atoms with E-state index in [2.05, 4.69) is 17.2 Å². The summed E-state index contributed by atoms with van der Waals surface area (Å²) in [7, 11) is 1.87. The number of nitrogens with one attached hydrogen (secondary N) is 2. The van der Waals surface area contributed by atoms with Gasteiger partial charge in [0.15, 0.2) is 0 Å². The molecule has 0 bridgehead atoms. The Morgan fingerprint density at radius 2 is 2.08 bits per heavy atom. The number of fused-ring (bicyclic) bond motifs is 1. The molecule has 0 spiro atoms. The van der Waals surface area contributed by atoms with Gasteiger partial charge in [-0.05, 0) is 44.6 Å². The summed E-state index contributed by atoms with van der Waals surface area (Å²) >= 11 is 0. The normalized spacial score (nSPS) is 20.4. The molecule has 0 aromatic carbocycles. The zero-order valence-electron chi connectivity index (χ0n) is 15.9. The Labute approximate surface area is 153 Å². The number of ether oxygens (including phenoxy) is 1. The van der Waals surface area contributed by atoms with Gasteiger partial charge in [-0.15, -0.1) is 0 Å². The maximum Gasteiger partial charge on any atom is 0.258 e. The molecule has 2 aromatic heterocycles. The Hall–Kier alpha value is -2.08. The van der Waals surface area contributed by atoms with Crippen LogP contribution in [0.4, 0.5) is 0 Å². The van der Waals surface area contributed by atoms with Crippen molar-refractivity contribution in [3.05, 3.63) is 33.9 Å². The number of H-pyrrole nitrogens is 1. The van der Waals surface area contributed by atoms with Crippen LogP contribution in [0.3, 0.4) is 0 Å². The lowest BCUT2D eigenvalue weighted by molar-refractivity contribution is 0.0209. The summed E-state index contributed by atoms with van der Waals surface area (Å²) in [6.45, 7) is 4.92. The van der Waals surface area contributed by atoms with E-state index in [-0.39, 0.29) is 17.5 Å². The zero-order valence-corrected chi connectivity index (χ0v) is 15.9. The Bertz CT molecular complexity index is 829. The number of hydrogen-bond acceptors (Lipinski definition) is 3. The lowest BCUT2D eigenvalue weighted by Gasteiger charge is -2.29. The van der Waals surface area contributed by atoms with Crippen molar-refractivity contribution in [3.63, 3.8) is 0 Å². The van der Waals surface area contributed by atoms with Crippen molar-refractivity contribution < 1.29 is 9.53 Å². The second-order valence-corrected chi connectivity index (χ2v) is 7.35. The van der Waals surface area contributed by atoms with Gasteiger partial charge in [0.2, 0.25) is 0 Å². The van der Waals surface area contributed by atoms with Gasteiger partial charge in [0.05, 0.1) is 22.6 Å². The minimum atomic E-state index is -0.218. The molecule has 2 heterocycles. The van der Waals surface area contributed by atoms with Crippen LogP contribution >= 0.6 is 0 Å².